The van der Waals surface area contributed by atoms with Crippen molar-refractivity contribution in [1.29, 1.82) is 0 Å². The molecule has 3 atom stereocenters. The van der Waals surface area contributed by atoms with Crippen LogP contribution in [0.3, 0.4) is 0 Å². The lowest BCUT2D eigenvalue weighted by Gasteiger charge is -2.26. The first kappa shape index (κ1) is 19.4. The van der Waals surface area contributed by atoms with Crippen molar-refractivity contribution in [2.75, 3.05) is 19.5 Å². The Morgan fingerprint density at radius 1 is 1.10 bits per heavy atom. The number of pyridine rings is 2. The van der Waals surface area contributed by atoms with Crippen molar-refractivity contribution in [3.05, 3.63) is 54.6 Å². The Morgan fingerprint density at radius 3 is 2.74 bits per heavy atom. The van der Waals surface area contributed by atoms with Gasteiger partial charge in [0, 0.05) is 43.4 Å². The zero-order valence-corrected chi connectivity index (χ0v) is 17.5. The average molecular weight is 416 g/mol. The number of carbonyl (C=O) groups excluding carboxylic acids is 1. The first-order valence-electron chi connectivity index (χ1n) is 10.4. The van der Waals surface area contributed by atoms with E-state index in [0.29, 0.717) is 29.2 Å². The van der Waals surface area contributed by atoms with Crippen LogP contribution < -0.4 is 10.1 Å². The summed E-state index contributed by atoms with van der Waals surface area (Å²) in [5.41, 5.74) is 2.38. The number of hydrogen-bond donors (Lipinski definition) is 1. The van der Waals surface area contributed by atoms with Gasteiger partial charge in [0.05, 0.1) is 12.7 Å². The van der Waals surface area contributed by atoms with Crippen molar-refractivity contribution in [2.45, 2.75) is 25.3 Å². The molecule has 0 aromatic carbocycles. The molecular weight excluding hydrogens is 392 g/mol. The van der Waals surface area contributed by atoms with Gasteiger partial charge in [0.25, 0.3) is 5.91 Å². The van der Waals surface area contributed by atoms with Gasteiger partial charge in [-0.25, -0.2) is 9.97 Å². The van der Waals surface area contributed by atoms with Crippen LogP contribution in [0.5, 0.6) is 6.01 Å². The number of hydrogen-bond acceptors (Lipinski definition) is 7. The topological polar surface area (TPSA) is 93.1 Å². The summed E-state index contributed by atoms with van der Waals surface area (Å²) in [7, 11) is 3.44. The summed E-state index contributed by atoms with van der Waals surface area (Å²) < 4.78 is 5.06. The summed E-state index contributed by atoms with van der Waals surface area (Å²) in [5.74, 6) is 2.77. The van der Waals surface area contributed by atoms with E-state index in [2.05, 4.69) is 25.3 Å². The minimum absolute atomic E-state index is 0.0346. The number of carbonyl (C=O) groups is 1. The molecule has 8 nitrogen and oxygen atoms in total. The quantitative estimate of drug-likeness (QED) is 0.657. The molecular formula is C23H24N6O2. The van der Waals surface area contributed by atoms with Crippen molar-refractivity contribution in [3.63, 3.8) is 0 Å². The molecule has 31 heavy (non-hydrogen) atoms. The van der Waals surface area contributed by atoms with Gasteiger partial charge in [-0.15, -0.1) is 0 Å². The van der Waals surface area contributed by atoms with Crippen molar-refractivity contribution < 1.29 is 9.53 Å². The van der Waals surface area contributed by atoms with Crippen LogP contribution in [-0.4, -0.2) is 50.9 Å². The average Bonchev–Trinajstić information content (AvgIpc) is 3.47. The standard InChI is InChI=1S/C23H24N6O2/c1-29(19-4-3-15-10-18(15)19)22(30)17-9-16(12-24-13-17)14-5-7-25-21(11-14)27-20-6-8-26-23(28-20)31-2/h5-9,11-13,15,18-19H,3-4,10H2,1-2H3,(H,25,26,27,28). The highest BCUT2D eigenvalue weighted by Crippen LogP contribution is 2.53. The van der Waals surface area contributed by atoms with E-state index in [4.69, 9.17) is 4.74 Å². The molecule has 3 aromatic rings. The number of nitrogens with zero attached hydrogens (tertiary/aromatic N) is 5. The fraction of sp³-hybridized carbons (Fsp3) is 0.348. The smallest absolute Gasteiger partial charge is 0.318 e. The minimum atomic E-state index is 0.0346. The molecule has 2 aliphatic rings. The summed E-state index contributed by atoms with van der Waals surface area (Å²) >= 11 is 0. The predicted octanol–water partition coefficient (Wildman–Crippen LogP) is 3.56. The molecule has 0 radical (unpaired) electrons. The second kappa shape index (κ2) is 7.94. The molecule has 158 valence electrons. The molecule has 2 fully saturated rings. The zero-order valence-electron chi connectivity index (χ0n) is 17.5. The molecule has 2 saturated carbocycles. The largest absolute Gasteiger partial charge is 0.467 e. The number of methoxy groups -OCH3 is 1. The molecule has 1 amide bonds. The maximum Gasteiger partial charge on any atom is 0.318 e. The van der Waals surface area contributed by atoms with E-state index >= 15 is 0 Å². The van der Waals surface area contributed by atoms with Gasteiger partial charge in [-0.2, -0.15) is 4.98 Å². The molecule has 1 N–H and O–H groups in total. The van der Waals surface area contributed by atoms with Crippen LogP contribution in [0.25, 0.3) is 11.1 Å². The van der Waals surface area contributed by atoms with Gasteiger partial charge in [0.15, 0.2) is 0 Å². The molecule has 0 spiro atoms. The summed E-state index contributed by atoms with van der Waals surface area (Å²) in [6.45, 7) is 0. The maximum absolute atomic E-state index is 13.1. The third-order valence-electron chi connectivity index (χ3n) is 6.27. The molecule has 2 aliphatic carbocycles. The van der Waals surface area contributed by atoms with Gasteiger partial charge in [0.2, 0.25) is 0 Å². The van der Waals surface area contributed by atoms with Crippen LogP contribution in [0.4, 0.5) is 11.6 Å². The Kier molecular flexibility index (Phi) is 4.97. The summed E-state index contributed by atoms with van der Waals surface area (Å²) in [4.78, 5) is 31.9. The molecule has 0 aliphatic heterocycles. The van der Waals surface area contributed by atoms with Crippen LogP contribution in [0.1, 0.15) is 29.6 Å². The first-order valence-corrected chi connectivity index (χ1v) is 10.4. The van der Waals surface area contributed by atoms with Gasteiger partial charge in [-0.05, 0) is 60.9 Å². The number of rotatable bonds is 6. The first-order chi connectivity index (χ1) is 15.1. The number of aromatic nitrogens is 4. The fourth-order valence-corrected chi connectivity index (χ4v) is 4.54. The molecule has 3 aromatic heterocycles. The van der Waals surface area contributed by atoms with Crippen molar-refractivity contribution in [2.24, 2.45) is 11.8 Å². The Labute approximate surface area is 180 Å². The molecule has 3 heterocycles. The lowest BCUT2D eigenvalue weighted by molar-refractivity contribution is 0.0717. The van der Waals surface area contributed by atoms with E-state index in [-0.39, 0.29) is 11.9 Å². The fourth-order valence-electron chi connectivity index (χ4n) is 4.54. The van der Waals surface area contributed by atoms with Crippen LogP contribution in [0.2, 0.25) is 0 Å². The summed E-state index contributed by atoms with van der Waals surface area (Å²) in [6, 6.07) is 8.07. The van der Waals surface area contributed by atoms with Gasteiger partial charge in [-0.3, -0.25) is 9.78 Å². The number of ether oxygens (including phenoxy) is 1. The SMILES string of the molecule is COc1nccc(Nc2cc(-c3cncc(C(=O)N(C)C4CCC5CC54)c3)ccn2)n1. The number of nitrogens with one attached hydrogen (secondary N) is 1. The number of fused-ring (bicyclic) bond motifs is 1. The summed E-state index contributed by atoms with van der Waals surface area (Å²) in [5, 5.41) is 3.15. The molecule has 5 rings (SSSR count). The zero-order chi connectivity index (χ0) is 21.4. The van der Waals surface area contributed by atoms with Crippen molar-refractivity contribution >= 4 is 17.5 Å². The highest BCUT2D eigenvalue weighted by molar-refractivity contribution is 5.95. The molecule has 3 unspecified atom stereocenters. The lowest BCUT2D eigenvalue weighted by atomic mass is 10.1. The third kappa shape index (κ3) is 3.93. The van der Waals surface area contributed by atoms with Gasteiger partial charge >= 0.3 is 6.01 Å². The van der Waals surface area contributed by atoms with E-state index in [0.717, 1.165) is 23.5 Å². The van der Waals surface area contributed by atoms with Crippen molar-refractivity contribution in [3.8, 4) is 17.1 Å². The normalized spacial score (nSPS) is 21.3. The Balaban J connectivity index is 1.35. The van der Waals surface area contributed by atoms with E-state index in [1.54, 1.807) is 30.9 Å². The maximum atomic E-state index is 13.1. The van der Waals surface area contributed by atoms with Crippen LogP contribution >= 0.6 is 0 Å². The van der Waals surface area contributed by atoms with E-state index in [9.17, 15) is 4.79 Å². The highest BCUT2D eigenvalue weighted by Gasteiger charge is 2.50. The van der Waals surface area contributed by atoms with Crippen molar-refractivity contribution in [1.82, 2.24) is 24.8 Å². The van der Waals surface area contributed by atoms with E-state index in [1.165, 1.54) is 20.0 Å². The molecule has 0 saturated heterocycles. The molecule has 0 bridgehead atoms. The van der Waals surface area contributed by atoms with Gasteiger partial charge in [-0.1, -0.05) is 0 Å². The van der Waals surface area contributed by atoms with Gasteiger partial charge < -0.3 is 15.0 Å². The van der Waals surface area contributed by atoms with Gasteiger partial charge in [0.1, 0.15) is 11.6 Å². The third-order valence-corrected chi connectivity index (χ3v) is 6.27. The lowest BCUT2D eigenvalue weighted by Crippen LogP contribution is -2.37. The Morgan fingerprint density at radius 2 is 1.97 bits per heavy atom. The minimum Gasteiger partial charge on any atom is -0.467 e. The number of anilines is 2. The number of amides is 1. The van der Waals surface area contributed by atoms with Crippen LogP contribution in [0, 0.1) is 11.8 Å². The van der Waals surface area contributed by atoms with E-state index < -0.39 is 0 Å². The monoisotopic (exact) mass is 416 g/mol. The second-order valence-corrected chi connectivity index (χ2v) is 8.17. The second-order valence-electron chi connectivity index (χ2n) is 8.17. The molecule has 8 heteroatoms. The van der Waals surface area contributed by atoms with E-state index in [1.807, 2.05) is 30.1 Å². The van der Waals surface area contributed by atoms with Crippen LogP contribution in [0.15, 0.2) is 49.1 Å². The predicted molar refractivity (Wildman–Crippen MR) is 116 cm³/mol. The summed E-state index contributed by atoms with van der Waals surface area (Å²) in [6.07, 6.45) is 10.4. The highest BCUT2D eigenvalue weighted by atomic mass is 16.5. The Bertz CT molecular complexity index is 1120. The van der Waals surface area contributed by atoms with Crippen LogP contribution in [-0.2, 0) is 0 Å². The Hall–Kier alpha value is -3.55.